The van der Waals surface area contributed by atoms with Gasteiger partial charge in [-0.2, -0.15) is 0 Å². The number of anilines is 2. The molecule has 0 aliphatic carbocycles. The molecule has 1 aromatic carbocycles. The van der Waals surface area contributed by atoms with Crippen LogP contribution in [0.25, 0.3) is 0 Å². The van der Waals surface area contributed by atoms with E-state index in [0.717, 1.165) is 5.69 Å². The minimum absolute atomic E-state index is 0.296. The molecule has 1 aromatic heterocycles. The van der Waals surface area contributed by atoms with E-state index in [1.165, 1.54) is 0 Å². The molecule has 0 spiro atoms. The Morgan fingerprint density at radius 2 is 2.19 bits per heavy atom. The van der Waals surface area contributed by atoms with Crippen LogP contribution in [-0.2, 0) is 0 Å². The Balaban J connectivity index is 2.14. The van der Waals surface area contributed by atoms with Crippen LogP contribution in [0.5, 0.6) is 0 Å². The Hall–Kier alpha value is -1.26. The average Bonchev–Trinajstić information content (AvgIpc) is 2.66. The Kier molecular flexibility index (Phi) is 3.31. The molecule has 0 saturated carbocycles. The highest BCUT2D eigenvalue weighted by atomic mass is 35.5. The maximum absolute atomic E-state index is 5.84. The zero-order valence-corrected chi connectivity index (χ0v) is 9.96. The van der Waals surface area contributed by atoms with Gasteiger partial charge in [-0.1, -0.05) is 22.8 Å². The molecule has 4 nitrogen and oxygen atoms in total. The van der Waals surface area contributed by atoms with Gasteiger partial charge in [-0.3, -0.25) is 0 Å². The SMILES string of the molecule is CC(Cl)c1nnc(Nc2cccc(Cl)c2)o1. The van der Waals surface area contributed by atoms with E-state index in [-0.39, 0.29) is 5.38 Å². The lowest BCUT2D eigenvalue weighted by atomic mass is 10.3. The maximum atomic E-state index is 5.84. The van der Waals surface area contributed by atoms with Crippen LogP contribution < -0.4 is 5.32 Å². The summed E-state index contributed by atoms with van der Waals surface area (Å²) >= 11 is 11.6. The highest BCUT2D eigenvalue weighted by molar-refractivity contribution is 6.30. The summed E-state index contributed by atoms with van der Waals surface area (Å²) in [6, 6.07) is 7.51. The lowest BCUT2D eigenvalue weighted by Gasteiger charge is -2.00. The predicted octanol–water partition coefficient (Wildman–Crippen LogP) is 3.77. The minimum atomic E-state index is -0.303. The summed E-state index contributed by atoms with van der Waals surface area (Å²) in [7, 11) is 0. The number of benzene rings is 1. The number of alkyl halides is 1. The summed E-state index contributed by atoms with van der Waals surface area (Å²) in [4.78, 5) is 0. The van der Waals surface area contributed by atoms with Crippen molar-refractivity contribution in [3.8, 4) is 0 Å². The smallest absolute Gasteiger partial charge is 0.320 e. The monoisotopic (exact) mass is 257 g/mol. The molecule has 0 bridgehead atoms. The average molecular weight is 258 g/mol. The number of rotatable bonds is 3. The Labute approximate surface area is 103 Å². The first-order chi connectivity index (χ1) is 7.65. The molecule has 1 unspecified atom stereocenters. The van der Waals surface area contributed by atoms with Gasteiger partial charge in [-0.05, 0) is 25.1 Å². The molecule has 6 heteroatoms. The van der Waals surface area contributed by atoms with Crippen LogP contribution in [-0.4, -0.2) is 10.2 Å². The molecule has 0 amide bonds. The highest BCUT2D eigenvalue weighted by Gasteiger charge is 2.10. The van der Waals surface area contributed by atoms with E-state index in [9.17, 15) is 0 Å². The summed E-state index contributed by atoms with van der Waals surface area (Å²) in [6.45, 7) is 1.76. The largest absolute Gasteiger partial charge is 0.406 e. The third-order valence-electron chi connectivity index (χ3n) is 1.86. The lowest BCUT2D eigenvalue weighted by molar-refractivity contribution is 0.510. The predicted molar refractivity (Wildman–Crippen MR) is 63.3 cm³/mol. The van der Waals surface area contributed by atoms with Gasteiger partial charge >= 0.3 is 6.01 Å². The molecule has 2 rings (SSSR count). The van der Waals surface area contributed by atoms with Crippen LogP contribution >= 0.6 is 23.2 Å². The van der Waals surface area contributed by atoms with E-state index in [2.05, 4.69) is 15.5 Å². The quantitative estimate of drug-likeness (QED) is 0.851. The Bertz CT molecular complexity index is 484. The van der Waals surface area contributed by atoms with Crippen molar-refractivity contribution in [3.05, 3.63) is 35.2 Å². The number of nitrogens with one attached hydrogen (secondary N) is 1. The number of hydrogen-bond donors (Lipinski definition) is 1. The molecule has 16 heavy (non-hydrogen) atoms. The number of hydrogen-bond acceptors (Lipinski definition) is 4. The molecule has 1 heterocycles. The van der Waals surface area contributed by atoms with Crippen molar-refractivity contribution in [2.45, 2.75) is 12.3 Å². The van der Waals surface area contributed by atoms with E-state index in [1.54, 1.807) is 19.1 Å². The molecule has 0 fully saturated rings. The van der Waals surface area contributed by atoms with Gasteiger partial charge in [-0.25, -0.2) is 0 Å². The maximum Gasteiger partial charge on any atom is 0.320 e. The van der Waals surface area contributed by atoms with Crippen molar-refractivity contribution in [2.24, 2.45) is 0 Å². The fraction of sp³-hybridized carbons (Fsp3) is 0.200. The minimum Gasteiger partial charge on any atom is -0.406 e. The van der Waals surface area contributed by atoms with Crippen molar-refractivity contribution in [1.29, 1.82) is 0 Å². The molecular formula is C10H9Cl2N3O. The van der Waals surface area contributed by atoms with Gasteiger partial charge in [0.05, 0.1) is 0 Å². The molecule has 0 radical (unpaired) electrons. The normalized spacial score (nSPS) is 12.4. The van der Waals surface area contributed by atoms with Crippen molar-refractivity contribution in [1.82, 2.24) is 10.2 Å². The summed E-state index contributed by atoms with van der Waals surface area (Å²) in [5.74, 6) is 0.381. The lowest BCUT2D eigenvalue weighted by Crippen LogP contribution is -1.89. The van der Waals surface area contributed by atoms with Crippen molar-refractivity contribution >= 4 is 34.9 Å². The molecule has 2 aromatic rings. The van der Waals surface area contributed by atoms with Crippen molar-refractivity contribution in [2.75, 3.05) is 5.32 Å². The molecule has 0 aliphatic heterocycles. The summed E-state index contributed by atoms with van der Waals surface area (Å²) in [6.07, 6.45) is 0. The van der Waals surface area contributed by atoms with Crippen molar-refractivity contribution < 1.29 is 4.42 Å². The second-order valence-corrected chi connectivity index (χ2v) is 4.29. The molecule has 1 N–H and O–H groups in total. The second-order valence-electron chi connectivity index (χ2n) is 3.20. The third-order valence-corrected chi connectivity index (χ3v) is 2.28. The first-order valence-corrected chi connectivity index (χ1v) is 5.46. The molecule has 0 saturated heterocycles. The topological polar surface area (TPSA) is 51.0 Å². The van der Waals surface area contributed by atoms with E-state index >= 15 is 0 Å². The highest BCUT2D eigenvalue weighted by Crippen LogP contribution is 2.22. The van der Waals surface area contributed by atoms with Gasteiger partial charge in [0.1, 0.15) is 5.38 Å². The zero-order valence-electron chi connectivity index (χ0n) is 8.45. The second kappa shape index (κ2) is 4.72. The van der Waals surface area contributed by atoms with Gasteiger partial charge in [0.2, 0.25) is 5.89 Å². The Morgan fingerprint density at radius 1 is 1.38 bits per heavy atom. The van der Waals surface area contributed by atoms with Crippen LogP contribution in [0.15, 0.2) is 28.7 Å². The van der Waals surface area contributed by atoms with E-state index in [0.29, 0.717) is 16.9 Å². The van der Waals surface area contributed by atoms with Gasteiger partial charge < -0.3 is 9.73 Å². The van der Waals surface area contributed by atoms with Crippen LogP contribution in [0.2, 0.25) is 5.02 Å². The van der Waals surface area contributed by atoms with Crippen molar-refractivity contribution in [3.63, 3.8) is 0 Å². The fourth-order valence-electron chi connectivity index (χ4n) is 1.14. The third kappa shape index (κ3) is 2.65. The number of halogens is 2. The first-order valence-electron chi connectivity index (χ1n) is 4.65. The summed E-state index contributed by atoms with van der Waals surface area (Å²) in [5.41, 5.74) is 0.782. The van der Waals surface area contributed by atoms with E-state index < -0.39 is 0 Å². The van der Waals surface area contributed by atoms with Crippen LogP contribution in [0, 0.1) is 0 Å². The molecule has 0 aliphatic rings. The zero-order chi connectivity index (χ0) is 11.5. The van der Waals surface area contributed by atoms with Crippen LogP contribution in [0.4, 0.5) is 11.7 Å². The van der Waals surface area contributed by atoms with Gasteiger partial charge in [-0.15, -0.1) is 16.7 Å². The summed E-state index contributed by atoms with van der Waals surface area (Å²) in [5, 5.41) is 10.9. The van der Waals surface area contributed by atoms with E-state index in [4.69, 9.17) is 27.6 Å². The van der Waals surface area contributed by atoms with E-state index in [1.807, 2.05) is 12.1 Å². The summed E-state index contributed by atoms with van der Waals surface area (Å²) < 4.78 is 5.28. The van der Waals surface area contributed by atoms with Gasteiger partial charge in [0.25, 0.3) is 0 Å². The number of aromatic nitrogens is 2. The molecular weight excluding hydrogens is 249 g/mol. The fourth-order valence-corrected chi connectivity index (χ4v) is 1.41. The molecule has 84 valence electrons. The first kappa shape index (κ1) is 11.2. The van der Waals surface area contributed by atoms with Crippen LogP contribution in [0.1, 0.15) is 18.2 Å². The van der Waals surface area contributed by atoms with Crippen LogP contribution in [0.3, 0.4) is 0 Å². The Morgan fingerprint density at radius 3 is 2.81 bits per heavy atom. The number of nitrogens with zero attached hydrogens (tertiary/aromatic N) is 2. The standard InChI is InChI=1S/C10H9Cl2N3O/c1-6(11)9-14-15-10(16-9)13-8-4-2-3-7(12)5-8/h2-6H,1H3,(H,13,15). The molecule has 1 atom stereocenters. The van der Waals surface area contributed by atoms with Gasteiger partial charge in [0, 0.05) is 10.7 Å². The van der Waals surface area contributed by atoms with Gasteiger partial charge in [0.15, 0.2) is 0 Å².